The third-order valence-electron chi connectivity index (χ3n) is 5.10. The van der Waals surface area contributed by atoms with Crippen LogP contribution >= 0.6 is 0 Å². The molecule has 1 N–H and O–H groups in total. The van der Waals surface area contributed by atoms with Crippen molar-refractivity contribution in [3.63, 3.8) is 0 Å². The molecule has 4 heterocycles. The van der Waals surface area contributed by atoms with Crippen molar-refractivity contribution in [2.75, 3.05) is 0 Å². The van der Waals surface area contributed by atoms with Gasteiger partial charge in [-0.1, -0.05) is 6.07 Å². The average molecular weight is 384 g/mol. The van der Waals surface area contributed by atoms with Crippen LogP contribution in [-0.2, 0) is 13.1 Å². The highest BCUT2D eigenvalue weighted by atomic mass is 15.3. The van der Waals surface area contributed by atoms with Crippen molar-refractivity contribution >= 4 is 11.2 Å². The number of hydrogen-bond acceptors (Lipinski definition) is 5. The molecular weight excluding hydrogens is 364 g/mol. The number of nitrogens with zero attached hydrogens (tertiary/aromatic N) is 7. The number of hydrogen-bond donors (Lipinski definition) is 1. The van der Waals surface area contributed by atoms with Gasteiger partial charge in [0.05, 0.1) is 19.3 Å². The Balaban J connectivity index is 1.52. The first-order valence-corrected chi connectivity index (χ1v) is 9.41. The SMILES string of the molecule is Cc1cc(C)c(-c2nc3c(cnn3Cc3ccncc3)[nH]2)cc1Cn1cncn1. The Morgan fingerprint density at radius 2 is 1.83 bits per heavy atom. The summed E-state index contributed by atoms with van der Waals surface area (Å²) in [6, 6.07) is 8.35. The van der Waals surface area contributed by atoms with Crippen molar-refractivity contribution in [3.8, 4) is 11.4 Å². The van der Waals surface area contributed by atoms with Crippen LogP contribution in [0.2, 0.25) is 0 Å². The molecule has 5 rings (SSSR count). The van der Waals surface area contributed by atoms with Gasteiger partial charge in [0.25, 0.3) is 0 Å². The molecule has 0 saturated carbocycles. The van der Waals surface area contributed by atoms with Gasteiger partial charge in [0.1, 0.15) is 24.0 Å². The lowest BCUT2D eigenvalue weighted by atomic mass is 9.99. The number of aromatic nitrogens is 8. The normalized spacial score (nSPS) is 11.4. The minimum absolute atomic E-state index is 0.654. The zero-order valence-electron chi connectivity index (χ0n) is 16.2. The van der Waals surface area contributed by atoms with E-state index >= 15 is 0 Å². The van der Waals surface area contributed by atoms with E-state index in [1.165, 1.54) is 16.7 Å². The molecule has 0 amide bonds. The lowest BCUT2D eigenvalue weighted by molar-refractivity contribution is 0.682. The van der Waals surface area contributed by atoms with E-state index in [1.54, 1.807) is 25.0 Å². The molecule has 0 aliphatic heterocycles. The molecule has 0 spiro atoms. The fourth-order valence-corrected chi connectivity index (χ4v) is 3.56. The summed E-state index contributed by atoms with van der Waals surface area (Å²) in [5.74, 6) is 0.846. The molecule has 0 radical (unpaired) electrons. The average Bonchev–Trinajstić information content (AvgIpc) is 3.44. The van der Waals surface area contributed by atoms with Gasteiger partial charge in [0.15, 0.2) is 5.65 Å². The van der Waals surface area contributed by atoms with Crippen LogP contribution in [0.1, 0.15) is 22.3 Å². The third-order valence-corrected chi connectivity index (χ3v) is 5.10. The molecule has 0 aliphatic rings. The van der Waals surface area contributed by atoms with Crippen molar-refractivity contribution in [1.29, 1.82) is 0 Å². The number of aromatic amines is 1. The van der Waals surface area contributed by atoms with Crippen LogP contribution in [0.15, 0.2) is 55.5 Å². The molecule has 0 unspecified atom stereocenters. The van der Waals surface area contributed by atoms with Gasteiger partial charge >= 0.3 is 0 Å². The van der Waals surface area contributed by atoms with Crippen LogP contribution in [0.4, 0.5) is 0 Å². The second-order valence-corrected chi connectivity index (χ2v) is 7.17. The van der Waals surface area contributed by atoms with Crippen molar-refractivity contribution < 1.29 is 0 Å². The number of rotatable bonds is 5. The minimum Gasteiger partial charge on any atom is -0.335 e. The molecule has 5 aromatic rings. The van der Waals surface area contributed by atoms with Gasteiger partial charge in [-0.25, -0.2) is 19.3 Å². The smallest absolute Gasteiger partial charge is 0.177 e. The van der Waals surface area contributed by atoms with Crippen LogP contribution in [0.25, 0.3) is 22.6 Å². The summed E-state index contributed by atoms with van der Waals surface area (Å²) in [5.41, 5.74) is 7.57. The van der Waals surface area contributed by atoms with Gasteiger partial charge in [-0.3, -0.25) is 4.98 Å². The molecule has 0 fully saturated rings. The maximum absolute atomic E-state index is 4.86. The van der Waals surface area contributed by atoms with Gasteiger partial charge < -0.3 is 4.98 Å². The summed E-state index contributed by atoms with van der Waals surface area (Å²) >= 11 is 0. The van der Waals surface area contributed by atoms with Crippen molar-refractivity contribution in [2.24, 2.45) is 0 Å². The molecule has 0 bridgehead atoms. The fraction of sp³-hybridized carbons (Fsp3) is 0.190. The number of benzene rings is 1. The molecule has 29 heavy (non-hydrogen) atoms. The summed E-state index contributed by atoms with van der Waals surface area (Å²) in [6.07, 6.45) is 8.69. The van der Waals surface area contributed by atoms with E-state index in [9.17, 15) is 0 Å². The lowest BCUT2D eigenvalue weighted by Crippen LogP contribution is -2.04. The number of pyridine rings is 1. The Morgan fingerprint density at radius 1 is 0.966 bits per heavy atom. The third kappa shape index (κ3) is 3.29. The fourth-order valence-electron chi connectivity index (χ4n) is 3.56. The van der Waals surface area contributed by atoms with Crippen LogP contribution in [0, 0.1) is 13.8 Å². The largest absolute Gasteiger partial charge is 0.335 e. The van der Waals surface area contributed by atoms with Gasteiger partial charge in [-0.2, -0.15) is 10.2 Å². The van der Waals surface area contributed by atoms with E-state index in [1.807, 2.05) is 27.7 Å². The summed E-state index contributed by atoms with van der Waals surface area (Å²) in [6.45, 7) is 5.56. The van der Waals surface area contributed by atoms with Crippen LogP contribution in [0.3, 0.4) is 0 Å². The van der Waals surface area contributed by atoms with Gasteiger partial charge in [-0.15, -0.1) is 0 Å². The molecule has 0 aliphatic carbocycles. The molecule has 0 saturated heterocycles. The molecule has 4 aromatic heterocycles. The van der Waals surface area contributed by atoms with Crippen molar-refractivity contribution in [3.05, 3.63) is 77.8 Å². The Bertz CT molecular complexity index is 1270. The molecule has 1 aromatic carbocycles. The quantitative estimate of drug-likeness (QED) is 0.503. The highest BCUT2D eigenvalue weighted by Crippen LogP contribution is 2.27. The number of imidazole rings is 1. The molecule has 0 atom stereocenters. The maximum Gasteiger partial charge on any atom is 0.177 e. The van der Waals surface area contributed by atoms with Gasteiger partial charge in [-0.05, 0) is 54.3 Å². The molecule has 8 nitrogen and oxygen atoms in total. The molecule has 144 valence electrons. The topological polar surface area (TPSA) is 90.1 Å². The van der Waals surface area contributed by atoms with Crippen molar-refractivity contribution in [1.82, 2.24) is 39.5 Å². The highest BCUT2D eigenvalue weighted by molar-refractivity contribution is 5.77. The summed E-state index contributed by atoms with van der Waals surface area (Å²) < 4.78 is 3.73. The van der Waals surface area contributed by atoms with Crippen LogP contribution in [0.5, 0.6) is 0 Å². The first-order chi connectivity index (χ1) is 14.2. The van der Waals surface area contributed by atoms with Crippen molar-refractivity contribution in [2.45, 2.75) is 26.9 Å². The second-order valence-electron chi connectivity index (χ2n) is 7.17. The zero-order chi connectivity index (χ0) is 19.8. The number of aryl methyl sites for hydroxylation is 2. The van der Waals surface area contributed by atoms with E-state index in [0.29, 0.717) is 13.1 Å². The monoisotopic (exact) mass is 384 g/mol. The summed E-state index contributed by atoms with van der Waals surface area (Å²) in [7, 11) is 0. The van der Waals surface area contributed by atoms with Gasteiger partial charge in [0, 0.05) is 18.0 Å². The first-order valence-electron chi connectivity index (χ1n) is 9.41. The lowest BCUT2D eigenvalue weighted by Gasteiger charge is -2.11. The summed E-state index contributed by atoms with van der Waals surface area (Å²) in [5, 5.41) is 8.69. The van der Waals surface area contributed by atoms with Crippen LogP contribution in [-0.4, -0.2) is 39.5 Å². The predicted octanol–water partition coefficient (Wildman–Crippen LogP) is 3.13. The van der Waals surface area contributed by atoms with E-state index < -0.39 is 0 Å². The maximum atomic E-state index is 4.86. The van der Waals surface area contributed by atoms with E-state index in [4.69, 9.17) is 4.98 Å². The zero-order valence-corrected chi connectivity index (χ0v) is 16.2. The first kappa shape index (κ1) is 17.3. The highest BCUT2D eigenvalue weighted by Gasteiger charge is 2.14. The number of H-pyrrole nitrogens is 1. The van der Waals surface area contributed by atoms with E-state index in [2.05, 4.69) is 51.1 Å². The Labute approximate surface area is 167 Å². The van der Waals surface area contributed by atoms with Gasteiger partial charge in [0.2, 0.25) is 0 Å². The van der Waals surface area contributed by atoms with E-state index in [-0.39, 0.29) is 0 Å². The standard InChI is InChI=1S/C21H20N8/c1-14-7-15(2)18(8-17(14)11-28-13-23-12-25-28)20-26-19-9-24-29(21(19)27-20)10-16-3-5-22-6-4-16/h3-9,12-13H,10-11H2,1-2H3,(H,26,27). The Hall–Kier alpha value is -3.81. The number of fused-ring (bicyclic) bond motifs is 1. The second kappa shape index (κ2) is 6.97. The van der Waals surface area contributed by atoms with E-state index in [0.717, 1.165) is 28.1 Å². The minimum atomic E-state index is 0.654. The molecule has 8 heteroatoms. The summed E-state index contributed by atoms with van der Waals surface area (Å²) in [4.78, 5) is 16.4. The number of nitrogens with one attached hydrogen (secondary N) is 1. The molecular formula is C21H20N8. The predicted molar refractivity (Wildman–Crippen MR) is 109 cm³/mol. The Kier molecular flexibility index (Phi) is 4.16. The van der Waals surface area contributed by atoms with Crippen LogP contribution < -0.4 is 0 Å². The Morgan fingerprint density at radius 3 is 2.62 bits per heavy atom.